The molecule has 1 aliphatic rings. The van der Waals surface area contributed by atoms with E-state index in [-0.39, 0.29) is 30.2 Å². The number of likely N-dealkylation sites (tertiary alicyclic amines) is 1. The fourth-order valence-electron chi connectivity index (χ4n) is 3.32. The van der Waals surface area contributed by atoms with Gasteiger partial charge in [-0.3, -0.25) is 9.59 Å². The lowest BCUT2D eigenvalue weighted by Crippen LogP contribution is -2.35. The number of nitrogens with zero attached hydrogens (tertiary/aromatic N) is 1. The molecule has 2 aromatic rings. The van der Waals surface area contributed by atoms with E-state index in [1.807, 2.05) is 60.7 Å². The summed E-state index contributed by atoms with van der Waals surface area (Å²) in [6.07, 6.45) is 1.06. The van der Waals surface area contributed by atoms with E-state index in [1.54, 1.807) is 11.9 Å². The Labute approximate surface area is 142 Å². The average Bonchev–Trinajstić information content (AvgIpc) is 2.92. The summed E-state index contributed by atoms with van der Waals surface area (Å²) in [5, 5.41) is 3.00. The first-order valence-electron chi connectivity index (χ1n) is 8.29. The lowest BCUT2D eigenvalue weighted by Gasteiger charge is -2.24. The minimum absolute atomic E-state index is 0.0204. The highest BCUT2D eigenvalue weighted by Gasteiger charge is 2.42. The van der Waals surface area contributed by atoms with Crippen LogP contribution in [-0.4, -0.2) is 30.3 Å². The summed E-state index contributed by atoms with van der Waals surface area (Å²) in [6.45, 7) is 0.582. The lowest BCUT2D eigenvalue weighted by atomic mass is 9.93. The first-order chi connectivity index (χ1) is 11.7. The zero-order valence-corrected chi connectivity index (χ0v) is 13.8. The van der Waals surface area contributed by atoms with E-state index < -0.39 is 0 Å². The zero-order valence-electron chi connectivity index (χ0n) is 13.8. The van der Waals surface area contributed by atoms with Crippen LogP contribution in [0.1, 0.15) is 23.6 Å². The van der Waals surface area contributed by atoms with Gasteiger partial charge in [-0.2, -0.15) is 0 Å². The van der Waals surface area contributed by atoms with Gasteiger partial charge in [-0.1, -0.05) is 60.7 Å². The monoisotopic (exact) mass is 322 g/mol. The predicted octanol–water partition coefficient (Wildman–Crippen LogP) is 2.56. The van der Waals surface area contributed by atoms with E-state index in [1.165, 1.54) is 5.56 Å². The van der Waals surface area contributed by atoms with Crippen LogP contribution in [0.15, 0.2) is 60.7 Å². The largest absolute Gasteiger partial charge is 0.355 e. The van der Waals surface area contributed by atoms with Crippen molar-refractivity contribution in [2.75, 3.05) is 13.6 Å². The number of nitrogens with one attached hydrogen (secondary N) is 1. The number of carbonyl (C=O) groups is 2. The second-order valence-electron chi connectivity index (χ2n) is 6.20. The molecule has 24 heavy (non-hydrogen) atoms. The van der Waals surface area contributed by atoms with E-state index in [0.717, 1.165) is 12.0 Å². The Hall–Kier alpha value is -2.62. The second kappa shape index (κ2) is 7.30. The molecule has 124 valence electrons. The van der Waals surface area contributed by atoms with Crippen molar-refractivity contribution in [2.24, 2.45) is 5.92 Å². The molecular formula is C20H22N2O2. The second-order valence-corrected chi connectivity index (χ2v) is 6.20. The maximum Gasteiger partial charge on any atom is 0.226 e. The van der Waals surface area contributed by atoms with E-state index in [9.17, 15) is 9.59 Å². The normalized spacial score (nSPS) is 20.2. The summed E-state index contributed by atoms with van der Waals surface area (Å²) in [5.74, 6) is -0.356. The Morgan fingerprint density at radius 3 is 2.38 bits per heavy atom. The van der Waals surface area contributed by atoms with E-state index in [2.05, 4.69) is 5.32 Å². The highest BCUT2D eigenvalue weighted by Crippen LogP contribution is 2.36. The Morgan fingerprint density at radius 1 is 1.08 bits per heavy atom. The maximum atomic E-state index is 12.6. The summed E-state index contributed by atoms with van der Waals surface area (Å²) >= 11 is 0. The molecule has 0 unspecified atom stereocenters. The van der Waals surface area contributed by atoms with Gasteiger partial charge >= 0.3 is 0 Å². The van der Waals surface area contributed by atoms with Crippen LogP contribution in [0.5, 0.6) is 0 Å². The number of rotatable bonds is 5. The van der Waals surface area contributed by atoms with Crippen LogP contribution < -0.4 is 5.32 Å². The Kier molecular flexibility index (Phi) is 4.94. The smallest absolute Gasteiger partial charge is 0.226 e. The Morgan fingerprint density at radius 2 is 1.71 bits per heavy atom. The molecule has 2 aromatic carbocycles. The molecule has 1 fully saturated rings. The Balaban J connectivity index is 1.65. The molecule has 0 saturated carbocycles. The lowest BCUT2D eigenvalue weighted by molar-refractivity contribution is -0.128. The molecule has 1 heterocycles. The van der Waals surface area contributed by atoms with E-state index in [0.29, 0.717) is 6.54 Å². The topological polar surface area (TPSA) is 49.4 Å². The molecule has 3 rings (SSSR count). The van der Waals surface area contributed by atoms with E-state index >= 15 is 0 Å². The van der Waals surface area contributed by atoms with Gasteiger partial charge in [0.2, 0.25) is 11.8 Å². The number of carbonyl (C=O) groups excluding carboxylic acids is 2. The van der Waals surface area contributed by atoms with Gasteiger partial charge in [0.1, 0.15) is 0 Å². The van der Waals surface area contributed by atoms with Crippen LogP contribution in [0.4, 0.5) is 0 Å². The molecule has 0 spiro atoms. The van der Waals surface area contributed by atoms with Gasteiger partial charge in [-0.25, -0.2) is 0 Å². The third-order valence-corrected chi connectivity index (χ3v) is 4.62. The summed E-state index contributed by atoms with van der Waals surface area (Å²) in [4.78, 5) is 26.4. The molecule has 4 nitrogen and oxygen atoms in total. The molecule has 0 aromatic heterocycles. The van der Waals surface area contributed by atoms with Crippen LogP contribution in [0.3, 0.4) is 0 Å². The summed E-state index contributed by atoms with van der Waals surface area (Å²) in [6, 6.07) is 19.6. The van der Waals surface area contributed by atoms with Gasteiger partial charge in [0.15, 0.2) is 0 Å². The SMILES string of the molecule is CN1C(=O)C[C@H](C(=O)NCCc2ccccc2)[C@H]1c1ccccc1. The first-order valence-corrected chi connectivity index (χ1v) is 8.29. The third kappa shape index (κ3) is 3.48. The Bertz CT molecular complexity index is 700. The van der Waals surface area contributed by atoms with Crippen LogP contribution in [-0.2, 0) is 16.0 Å². The number of hydrogen-bond acceptors (Lipinski definition) is 2. The van der Waals surface area contributed by atoms with Crippen molar-refractivity contribution in [3.63, 3.8) is 0 Å². The van der Waals surface area contributed by atoms with Crippen molar-refractivity contribution in [3.8, 4) is 0 Å². The van der Waals surface area contributed by atoms with Gasteiger partial charge in [-0.05, 0) is 17.5 Å². The average molecular weight is 322 g/mol. The van der Waals surface area contributed by atoms with Crippen LogP contribution in [0.25, 0.3) is 0 Å². The maximum absolute atomic E-state index is 12.6. The van der Waals surface area contributed by atoms with Crippen molar-refractivity contribution in [3.05, 3.63) is 71.8 Å². The molecular weight excluding hydrogens is 300 g/mol. The molecule has 0 radical (unpaired) electrons. The molecule has 2 amide bonds. The summed E-state index contributed by atoms with van der Waals surface area (Å²) in [5.41, 5.74) is 2.20. The van der Waals surface area contributed by atoms with Crippen molar-refractivity contribution in [2.45, 2.75) is 18.9 Å². The summed E-state index contributed by atoms with van der Waals surface area (Å²) in [7, 11) is 1.78. The van der Waals surface area contributed by atoms with Crippen LogP contribution in [0, 0.1) is 5.92 Å². The molecule has 1 saturated heterocycles. The highest BCUT2D eigenvalue weighted by molar-refractivity contribution is 5.90. The van der Waals surface area contributed by atoms with Gasteiger partial charge in [0.25, 0.3) is 0 Å². The van der Waals surface area contributed by atoms with Crippen molar-refractivity contribution in [1.82, 2.24) is 10.2 Å². The fraction of sp³-hybridized carbons (Fsp3) is 0.300. The highest BCUT2D eigenvalue weighted by atomic mass is 16.2. The third-order valence-electron chi connectivity index (χ3n) is 4.62. The number of hydrogen-bond donors (Lipinski definition) is 1. The van der Waals surface area contributed by atoms with Crippen molar-refractivity contribution < 1.29 is 9.59 Å². The van der Waals surface area contributed by atoms with Gasteiger partial charge in [0, 0.05) is 20.0 Å². The minimum atomic E-state index is -0.333. The molecule has 0 bridgehead atoms. The molecule has 4 heteroatoms. The zero-order chi connectivity index (χ0) is 16.9. The van der Waals surface area contributed by atoms with Gasteiger partial charge in [0.05, 0.1) is 12.0 Å². The van der Waals surface area contributed by atoms with E-state index in [4.69, 9.17) is 0 Å². The molecule has 0 aliphatic carbocycles. The van der Waals surface area contributed by atoms with Crippen LogP contribution in [0.2, 0.25) is 0 Å². The molecule has 1 aliphatic heterocycles. The molecule has 1 N–H and O–H groups in total. The van der Waals surface area contributed by atoms with Gasteiger partial charge in [-0.15, -0.1) is 0 Å². The first kappa shape index (κ1) is 16.2. The molecule has 2 atom stereocenters. The predicted molar refractivity (Wildman–Crippen MR) is 93.2 cm³/mol. The van der Waals surface area contributed by atoms with Gasteiger partial charge < -0.3 is 10.2 Å². The quantitative estimate of drug-likeness (QED) is 0.920. The minimum Gasteiger partial charge on any atom is -0.355 e. The van der Waals surface area contributed by atoms with Crippen LogP contribution >= 0.6 is 0 Å². The fourth-order valence-corrected chi connectivity index (χ4v) is 3.32. The number of benzene rings is 2. The van der Waals surface area contributed by atoms with Crippen molar-refractivity contribution in [1.29, 1.82) is 0 Å². The summed E-state index contributed by atoms with van der Waals surface area (Å²) < 4.78 is 0. The van der Waals surface area contributed by atoms with Crippen molar-refractivity contribution >= 4 is 11.8 Å². The number of amides is 2. The standard InChI is InChI=1S/C20H22N2O2/c1-22-18(23)14-17(19(22)16-10-6-3-7-11-16)20(24)21-13-12-15-8-4-2-5-9-15/h2-11,17,19H,12-14H2,1H3,(H,21,24)/t17-,19+/m0/s1.